The third-order valence-electron chi connectivity index (χ3n) is 10.1. The second kappa shape index (κ2) is 10.4. The minimum atomic E-state index is -0.00296. The highest BCUT2D eigenvalue weighted by Gasteiger charge is 2.39. The molecule has 4 heteroatoms. The summed E-state index contributed by atoms with van der Waals surface area (Å²) in [6.45, 7) is 3.33. The highest BCUT2D eigenvalue weighted by atomic mass is 16.5. The van der Waals surface area contributed by atoms with Gasteiger partial charge in [-0.25, -0.2) is 0 Å². The summed E-state index contributed by atoms with van der Waals surface area (Å²) >= 11 is 0. The molecule has 0 N–H and O–H groups in total. The van der Waals surface area contributed by atoms with Crippen molar-refractivity contribution in [3.63, 3.8) is 0 Å². The number of fused-ring (bicyclic) bond motifs is 1. The van der Waals surface area contributed by atoms with E-state index < -0.39 is 0 Å². The number of benzene rings is 2. The molecule has 0 radical (unpaired) electrons. The van der Waals surface area contributed by atoms with Crippen molar-refractivity contribution in [3.05, 3.63) is 42.0 Å². The fourth-order valence-electron chi connectivity index (χ4n) is 7.92. The first kappa shape index (κ1) is 24.3. The maximum atomic E-state index is 12.0. The molecule has 0 bridgehead atoms. The molecule has 4 fully saturated rings. The van der Waals surface area contributed by atoms with Crippen LogP contribution >= 0.6 is 0 Å². The molecule has 4 aliphatic rings. The molecular formula is C32H43NO3. The zero-order chi connectivity index (χ0) is 24.5. The lowest BCUT2D eigenvalue weighted by atomic mass is 9.72. The summed E-state index contributed by atoms with van der Waals surface area (Å²) in [6, 6.07) is 13.6. The third-order valence-corrected chi connectivity index (χ3v) is 10.1. The molecule has 2 unspecified atom stereocenters. The average Bonchev–Trinajstić information content (AvgIpc) is 3.35. The van der Waals surface area contributed by atoms with E-state index in [4.69, 9.17) is 9.47 Å². The van der Waals surface area contributed by atoms with Crippen LogP contribution in [0.2, 0.25) is 0 Å². The number of methoxy groups -OCH3 is 1. The van der Waals surface area contributed by atoms with E-state index in [1.54, 1.807) is 0 Å². The molecule has 6 rings (SSSR count). The van der Waals surface area contributed by atoms with E-state index in [0.29, 0.717) is 17.4 Å². The number of hydrogen-bond acceptors (Lipinski definition) is 4. The molecule has 1 heterocycles. The summed E-state index contributed by atoms with van der Waals surface area (Å²) < 4.78 is 11.5. The Morgan fingerprint density at radius 1 is 0.889 bits per heavy atom. The highest BCUT2D eigenvalue weighted by molar-refractivity contribution is 5.84. The van der Waals surface area contributed by atoms with E-state index in [1.165, 1.54) is 87.7 Å². The van der Waals surface area contributed by atoms with Crippen LogP contribution in [0.15, 0.2) is 36.4 Å². The van der Waals surface area contributed by atoms with Gasteiger partial charge in [-0.05, 0) is 103 Å². The lowest BCUT2D eigenvalue weighted by Gasteiger charge is -2.45. The van der Waals surface area contributed by atoms with Crippen LogP contribution in [0, 0.1) is 23.2 Å². The molecule has 1 aliphatic heterocycles. The molecule has 3 aliphatic carbocycles. The number of rotatable bonds is 6. The van der Waals surface area contributed by atoms with Crippen molar-refractivity contribution in [1.29, 1.82) is 0 Å². The summed E-state index contributed by atoms with van der Waals surface area (Å²) in [4.78, 5) is 14.5. The Hall–Kier alpha value is -2.07. The van der Waals surface area contributed by atoms with Crippen LogP contribution in [0.5, 0.6) is 5.75 Å². The fourth-order valence-corrected chi connectivity index (χ4v) is 7.92. The first-order valence-corrected chi connectivity index (χ1v) is 14.6. The van der Waals surface area contributed by atoms with Crippen molar-refractivity contribution in [2.45, 2.75) is 89.7 Å². The number of likely N-dealkylation sites (tertiary alicyclic amines) is 1. The molecular weight excluding hydrogens is 446 g/mol. The Morgan fingerprint density at radius 2 is 1.64 bits per heavy atom. The Kier molecular flexibility index (Phi) is 6.99. The van der Waals surface area contributed by atoms with E-state index in [1.807, 2.05) is 0 Å². The average molecular weight is 490 g/mol. The smallest absolute Gasteiger partial charge is 0.308 e. The number of hydrogen-bond donors (Lipinski definition) is 0. The van der Waals surface area contributed by atoms with Crippen LogP contribution in [0.4, 0.5) is 0 Å². The first-order valence-electron chi connectivity index (χ1n) is 14.6. The lowest BCUT2D eigenvalue weighted by molar-refractivity contribution is -0.147. The topological polar surface area (TPSA) is 38.8 Å². The minimum Gasteiger partial charge on any atom is -0.490 e. The fraction of sp³-hybridized carbons (Fsp3) is 0.656. The van der Waals surface area contributed by atoms with Crippen molar-refractivity contribution in [2.24, 2.45) is 23.2 Å². The zero-order valence-corrected chi connectivity index (χ0v) is 22.1. The van der Waals surface area contributed by atoms with Crippen molar-refractivity contribution in [2.75, 3.05) is 20.2 Å². The van der Waals surface area contributed by atoms with Gasteiger partial charge < -0.3 is 9.47 Å². The SMILES string of the molecule is COC(=O)C1CCCC(C2CN(Cc3ccc4cc(OC5CCC6(CCCC6)CC5)ccc4c3)C2)C1. The Bertz CT molecular complexity index is 1060. The summed E-state index contributed by atoms with van der Waals surface area (Å²) in [7, 11) is 1.52. The van der Waals surface area contributed by atoms with Gasteiger partial charge in [-0.3, -0.25) is 9.69 Å². The van der Waals surface area contributed by atoms with Gasteiger partial charge in [0, 0.05) is 19.6 Å². The summed E-state index contributed by atoms with van der Waals surface area (Å²) in [5, 5.41) is 2.58. The van der Waals surface area contributed by atoms with E-state index in [9.17, 15) is 4.79 Å². The standard InChI is InChI=1S/C32H43NO3/c1-35-31(34)27-6-4-5-24(18-27)28-21-33(22-28)20-23-7-8-26-19-30(10-9-25(26)17-23)36-29-11-15-32(16-12-29)13-2-3-14-32/h7-10,17,19,24,27-29H,2-6,11-16,18,20-22H2,1H3. The van der Waals surface area contributed by atoms with Crippen molar-refractivity contribution in [3.8, 4) is 5.75 Å². The molecule has 0 aromatic heterocycles. The summed E-state index contributed by atoms with van der Waals surface area (Å²) in [5.74, 6) is 2.57. The van der Waals surface area contributed by atoms with E-state index >= 15 is 0 Å². The molecule has 2 aromatic carbocycles. The number of carbonyl (C=O) groups excluding carboxylic acids is 1. The van der Waals surface area contributed by atoms with E-state index in [0.717, 1.165) is 44.1 Å². The number of esters is 1. The van der Waals surface area contributed by atoms with E-state index in [2.05, 4.69) is 41.3 Å². The predicted molar refractivity (Wildman–Crippen MR) is 144 cm³/mol. The van der Waals surface area contributed by atoms with Gasteiger partial charge in [-0.15, -0.1) is 0 Å². The summed E-state index contributed by atoms with van der Waals surface area (Å²) in [5.41, 5.74) is 2.05. The van der Waals surface area contributed by atoms with Gasteiger partial charge in [0.05, 0.1) is 19.1 Å². The normalized spacial score (nSPS) is 27.2. The lowest BCUT2D eigenvalue weighted by Crippen LogP contribution is -2.50. The third kappa shape index (κ3) is 5.16. The van der Waals surface area contributed by atoms with Gasteiger partial charge in [-0.1, -0.05) is 43.9 Å². The molecule has 0 amide bonds. The number of ether oxygens (including phenoxy) is 2. The Morgan fingerprint density at radius 3 is 2.42 bits per heavy atom. The second-order valence-corrected chi connectivity index (χ2v) is 12.5. The maximum absolute atomic E-state index is 12.0. The Balaban J connectivity index is 1.00. The second-order valence-electron chi connectivity index (χ2n) is 12.5. The molecule has 2 atom stereocenters. The van der Waals surface area contributed by atoms with Crippen LogP contribution in [-0.2, 0) is 16.1 Å². The van der Waals surface area contributed by atoms with Crippen LogP contribution in [0.1, 0.15) is 82.6 Å². The molecule has 36 heavy (non-hydrogen) atoms. The molecule has 4 nitrogen and oxygen atoms in total. The van der Waals surface area contributed by atoms with Gasteiger partial charge in [0.2, 0.25) is 0 Å². The molecule has 1 saturated heterocycles. The van der Waals surface area contributed by atoms with Crippen molar-refractivity contribution >= 4 is 16.7 Å². The van der Waals surface area contributed by atoms with Gasteiger partial charge in [0.1, 0.15) is 5.75 Å². The minimum absolute atomic E-state index is 0.00296. The van der Waals surface area contributed by atoms with Crippen LogP contribution in [0.3, 0.4) is 0 Å². The molecule has 194 valence electrons. The van der Waals surface area contributed by atoms with Gasteiger partial charge in [0.15, 0.2) is 0 Å². The first-order chi connectivity index (χ1) is 17.6. The number of nitrogens with zero attached hydrogens (tertiary/aromatic N) is 1. The largest absolute Gasteiger partial charge is 0.490 e. The molecule has 3 saturated carbocycles. The predicted octanol–water partition coefficient (Wildman–Crippen LogP) is 7.13. The van der Waals surface area contributed by atoms with Gasteiger partial charge in [-0.2, -0.15) is 0 Å². The zero-order valence-electron chi connectivity index (χ0n) is 22.1. The van der Waals surface area contributed by atoms with Gasteiger partial charge >= 0.3 is 5.97 Å². The van der Waals surface area contributed by atoms with Crippen molar-refractivity contribution < 1.29 is 14.3 Å². The monoisotopic (exact) mass is 489 g/mol. The van der Waals surface area contributed by atoms with Crippen LogP contribution in [0.25, 0.3) is 10.8 Å². The molecule has 1 spiro atoms. The van der Waals surface area contributed by atoms with Crippen molar-refractivity contribution in [1.82, 2.24) is 4.90 Å². The molecule has 2 aromatic rings. The maximum Gasteiger partial charge on any atom is 0.308 e. The van der Waals surface area contributed by atoms with Crippen LogP contribution in [-0.4, -0.2) is 37.2 Å². The van der Waals surface area contributed by atoms with Crippen LogP contribution < -0.4 is 4.74 Å². The number of carbonyl (C=O) groups is 1. The van der Waals surface area contributed by atoms with Gasteiger partial charge in [0.25, 0.3) is 0 Å². The quantitative estimate of drug-likeness (QED) is 0.405. The Labute approximate surface area is 216 Å². The highest BCUT2D eigenvalue weighted by Crippen LogP contribution is 2.49. The van der Waals surface area contributed by atoms with E-state index in [-0.39, 0.29) is 11.9 Å². The summed E-state index contributed by atoms with van der Waals surface area (Å²) in [6.07, 6.45) is 15.8.